The van der Waals surface area contributed by atoms with Crippen LogP contribution in [0.5, 0.6) is 0 Å². The van der Waals surface area contributed by atoms with Crippen molar-refractivity contribution in [3.05, 3.63) is 57.9 Å². The van der Waals surface area contributed by atoms with Crippen LogP contribution in [0.3, 0.4) is 0 Å². The Hall–Kier alpha value is -2.62. The zero-order valence-electron chi connectivity index (χ0n) is 18.7. The highest BCUT2D eigenvalue weighted by Crippen LogP contribution is 2.23. The highest BCUT2D eigenvalue weighted by molar-refractivity contribution is 6.31. The topological polar surface area (TPSA) is 65.2 Å². The van der Waals surface area contributed by atoms with Crippen molar-refractivity contribution in [1.82, 2.24) is 19.6 Å². The van der Waals surface area contributed by atoms with Gasteiger partial charge in [0.1, 0.15) is 11.2 Å². The van der Waals surface area contributed by atoms with E-state index in [4.69, 9.17) is 11.6 Å². The predicted octanol–water partition coefficient (Wildman–Crippen LogP) is 3.91. The van der Waals surface area contributed by atoms with E-state index in [0.717, 1.165) is 16.8 Å². The molecule has 164 valence electrons. The zero-order chi connectivity index (χ0) is 22.5. The molecule has 31 heavy (non-hydrogen) atoms. The van der Waals surface area contributed by atoms with Crippen molar-refractivity contribution in [2.75, 3.05) is 26.2 Å². The lowest BCUT2D eigenvalue weighted by Crippen LogP contribution is -2.52. The second-order valence-corrected chi connectivity index (χ2v) is 8.80. The average Bonchev–Trinajstić information content (AvgIpc) is 3.01. The summed E-state index contributed by atoms with van der Waals surface area (Å²) in [7, 11) is 0. The Morgan fingerprint density at radius 3 is 2.42 bits per heavy atom. The summed E-state index contributed by atoms with van der Waals surface area (Å²) in [4.78, 5) is 16.7. The minimum Gasteiger partial charge on any atom is -0.337 e. The van der Waals surface area contributed by atoms with Crippen LogP contribution in [0.1, 0.15) is 36.2 Å². The number of benzene rings is 1. The lowest BCUT2D eigenvalue weighted by molar-refractivity contribution is -0.127. The Balaban J connectivity index is 1.63. The monoisotopic (exact) mass is 439 g/mol. The highest BCUT2D eigenvalue weighted by Gasteiger charge is 2.27. The fourth-order valence-electron chi connectivity index (χ4n) is 3.86. The van der Waals surface area contributed by atoms with Gasteiger partial charge in [0.25, 0.3) is 0 Å². The van der Waals surface area contributed by atoms with Gasteiger partial charge in [-0.05, 0) is 31.4 Å². The number of carbonyl (C=O) groups excluding carboxylic acids is 1. The van der Waals surface area contributed by atoms with Crippen LogP contribution in [0, 0.1) is 31.1 Å². The van der Waals surface area contributed by atoms with E-state index < -0.39 is 0 Å². The van der Waals surface area contributed by atoms with Crippen molar-refractivity contribution in [3.63, 3.8) is 0 Å². The van der Waals surface area contributed by atoms with E-state index in [0.29, 0.717) is 37.9 Å². The first-order valence-electron chi connectivity index (χ1n) is 10.7. The van der Waals surface area contributed by atoms with Crippen LogP contribution >= 0.6 is 11.6 Å². The van der Waals surface area contributed by atoms with Gasteiger partial charge < -0.3 is 4.90 Å². The van der Waals surface area contributed by atoms with Crippen LogP contribution in [0.15, 0.2) is 30.3 Å². The van der Waals surface area contributed by atoms with E-state index >= 15 is 0 Å². The highest BCUT2D eigenvalue weighted by atomic mass is 35.5. The molecule has 1 atom stereocenters. The lowest BCUT2D eigenvalue weighted by atomic mass is 10.0. The molecule has 0 spiro atoms. The van der Waals surface area contributed by atoms with E-state index in [1.54, 1.807) is 16.8 Å². The normalized spacial score (nSPS) is 16.1. The van der Waals surface area contributed by atoms with Crippen LogP contribution < -0.4 is 0 Å². The number of rotatable bonds is 6. The molecule has 1 fully saturated rings. The number of amides is 1. The standard InChI is InChI=1S/C24H30ClN5O/c1-17(2)22(15-26)28-11-13-29(14-12-28)23(31)10-9-21-19(4)27-30(24(21)25)16-20-7-5-18(3)6-8-20/h5-10,17,22H,11-14,16H2,1-4H3/b10-9+. The average molecular weight is 440 g/mol. The lowest BCUT2D eigenvalue weighted by Gasteiger charge is -2.37. The molecule has 1 aliphatic rings. The molecule has 7 heteroatoms. The second-order valence-electron chi connectivity index (χ2n) is 8.45. The number of halogens is 1. The number of carbonyl (C=O) groups is 1. The minimum absolute atomic E-state index is 0.0422. The van der Waals surface area contributed by atoms with Crippen molar-refractivity contribution >= 4 is 23.6 Å². The van der Waals surface area contributed by atoms with Crippen molar-refractivity contribution < 1.29 is 4.79 Å². The summed E-state index contributed by atoms with van der Waals surface area (Å²) in [6.45, 7) is 11.3. The van der Waals surface area contributed by atoms with Crippen LogP contribution in [0.25, 0.3) is 6.08 Å². The molecule has 1 amide bonds. The Morgan fingerprint density at radius 1 is 1.19 bits per heavy atom. The van der Waals surface area contributed by atoms with Gasteiger partial charge in [0.05, 0.1) is 18.3 Å². The van der Waals surface area contributed by atoms with E-state index in [1.165, 1.54) is 5.56 Å². The third-order valence-electron chi connectivity index (χ3n) is 5.74. The first-order valence-corrected chi connectivity index (χ1v) is 11.1. The van der Waals surface area contributed by atoms with E-state index in [-0.39, 0.29) is 17.9 Å². The molecule has 1 saturated heterocycles. The van der Waals surface area contributed by atoms with Gasteiger partial charge in [-0.3, -0.25) is 9.69 Å². The maximum atomic E-state index is 12.7. The quantitative estimate of drug-likeness (QED) is 0.640. The van der Waals surface area contributed by atoms with Crippen LogP contribution in [0.2, 0.25) is 5.15 Å². The SMILES string of the molecule is Cc1ccc(Cn2nc(C)c(/C=C/C(=O)N3CCN(C(C#N)C(C)C)CC3)c2Cl)cc1. The summed E-state index contributed by atoms with van der Waals surface area (Å²) < 4.78 is 1.76. The van der Waals surface area contributed by atoms with Gasteiger partial charge in [-0.15, -0.1) is 0 Å². The summed E-state index contributed by atoms with van der Waals surface area (Å²) in [5, 5.41) is 14.5. The van der Waals surface area contributed by atoms with Gasteiger partial charge in [0, 0.05) is 37.8 Å². The van der Waals surface area contributed by atoms with Crippen molar-refractivity contribution in [1.29, 1.82) is 5.26 Å². The molecule has 1 aromatic heterocycles. The maximum absolute atomic E-state index is 12.7. The molecule has 3 rings (SSSR count). The second kappa shape index (κ2) is 10.1. The summed E-state index contributed by atoms with van der Waals surface area (Å²) >= 11 is 6.57. The van der Waals surface area contributed by atoms with Crippen molar-refractivity contribution in [2.24, 2.45) is 5.92 Å². The van der Waals surface area contributed by atoms with Gasteiger partial charge in [-0.25, -0.2) is 4.68 Å². The molecule has 2 heterocycles. The molecule has 0 radical (unpaired) electrons. The third kappa shape index (κ3) is 5.55. The molecule has 0 aliphatic carbocycles. The molecule has 1 aromatic carbocycles. The Kier molecular flexibility index (Phi) is 7.53. The summed E-state index contributed by atoms with van der Waals surface area (Å²) in [6, 6.07) is 10.5. The summed E-state index contributed by atoms with van der Waals surface area (Å²) in [6.07, 6.45) is 3.34. The molecular formula is C24H30ClN5O. The molecule has 1 unspecified atom stereocenters. The Labute approximate surface area is 189 Å². The van der Waals surface area contributed by atoms with Crippen LogP contribution in [-0.2, 0) is 11.3 Å². The van der Waals surface area contributed by atoms with Crippen molar-refractivity contribution in [2.45, 2.75) is 40.3 Å². The minimum atomic E-state index is -0.103. The number of aryl methyl sites for hydroxylation is 2. The van der Waals surface area contributed by atoms with E-state index in [1.807, 2.05) is 11.8 Å². The van der Waals surface area contributed by atoms with Gasteiger partial charge in [0.2, 0.25) is 5.91 Å². The number of piperazine rings is 1. The van der Waals surface area contributed by atoms with E-state index in [2.05, 4.69) is 61.1 Å². The van der Waals surface area contributed by atoms with Gasteiger partial charge in [0.15, 0.2) is 0 Å². The molecule has 0 bridgehead atoms. The number of hydrogen-bond donors (Lipinski definition) is 0. The largest absolute Gasteiger partial charge is 0.337 e. The molecule has 2 aromatic rings. The summed E-state index contributed by atoms with van der Waals surface area (Å²) in [5.41, 5.74) is 3.89. The first kappa shape index (κ1) is 23.1. The summed E-state index contributed by atoms with van der Waals surface area (Å²) in [5.74, 6) is 0.230. The Bertz CT molecular complexity index is 979. The van der Waals surface area contributed by atoms with Gasteiger partial charge >= 0.3 is 0 Å². The molecule has 6 nitrogen and oxygen atoms in total. The molecule has 1 aliphatic heterocycles. The maximum Gasteiger partial charge on any atom is 0.246 e. The smallest absolute Gasteiger partial charge is 0.246 e. The Morgan fingerprint density at radius 2 is 1.84 bits per heavy atom. The number of hydrogen-bond acceptors (Lipinski definition) is 4. The molecule has 0 saturated carbocycles. The third-order valence-corrected chi connectivity index (χ3v) is 6.14. The molecule has 0 N–H and O–H groups in total. The number of nitriles is 1. The van der Waals surface area contributed by atoms with Crippen molar-refractivity contribution in [3.8, 4) is 6.07 Å². The van der Waals surface area contributed by atoms with E-state index in [9.17, 15) is 10.1 Å². The predicted molar refractivity (Wildman–Crippen MR) is 124 cm³/mol. The number of aromatic nitrogens is 2. The fraction of sp³-hybridized carbons (Fsp3) is 0.458. The van der Waals surface area contributed by atoms with Gasteiger partial charge in [-0.2, -0.15) is 10.4 Å². The fourth-order valence-corrected chi connectivity index (χ4v) is 4.16. The molecular weight excluding hydrogens is 410 g/mol. The van der Waals surface area contributed by atoms with Gasteiger partial charge in [-0.1, -0.05) is 55.3 Å². The van der Waals surface area contributed by atoms with Crippen LogP contribution in [0.4, 0.5) is 0 Å². The zero-order valence-corrected chi connectivity index (χ0v) is 19.4. The first-order chi connectivity index (χ1) is 14.8. The van der Waals surface area contributed by atoms with Crippen LogP contribution in [-0.4, -0.2) is 57.7 Å². The number of nitrogens with zero attached hydrogens (tertiary/aromatic N) is 5.